The first-order valence-corrected chi connectivity index (χ1v) is 7.27. The van der Waals surface area contributed by atoms with Gasteiger partial charge < -0.3 is 8.82 Å². The largest absolute Gasteiger partial charge is 0.432 e. The second-order valence-corrected chi connectivity index (χ2v) is 5.33. The molecule has 22 heavy (non-hydrogen) atoms. The number of amides is 1. The molecule has 4 aromatic heterocycles. The molecule has 108 valence electrons. The summed E-state index contributed by atoms with van der Waals surface area (Å²) in [6.45, 7) is 0. The zero-order valence-corrected chi connectivity index (χ0v) is 11.9. The van der Waals surface area contributed by atoms with Crippen molar-refractivity contribution < 1.29 is 9.21 Å². The lowest BCUT2D eigenvalue weighted by Gasteiger charge is -1.96. The average Bonchev–Trinajstić information content (AvgIpc) is 3.27. The van der Waals surface area contributed by atoms with Crippen LogP contribution in [0.15, 0.2) is 53.0 Å². The Morgan fingerprint density at radius 3 is 3.05 bits per heavy atom. The third-order valence-corrected chi connectivity index (χ3v) is 3.85. The van der Waals surface area contributed by atoms with Crippen LogP contribution in [0.3, 0.4) is 0 Å². The summed E-state index contributed by atoms with van der Waals surface area (Å²) in [4.78, 5) is 24.5. The molecule has 0 aromatic carbocycles. The average molecular weight is 311 g/mol. The van der Waals surface area contributed by atoms with Gasteiger partial charge in [-0.25, -0.2) is 15.0 Å². The molecule has 0 aliphatic heterocycles. The summed E-state index contributed by atoms with van der Waals surface area (Å²) < 4.78 is 6.76. The molecule has 0 unspecified atom stereocenters. The molecule has 0 saturated heterocycles. The molecule has 0 radical (unpaired) electrons. The fourth-order valence-corrected chi connectivity index (χ4v) is 2.67. The number of fused-ring (bicyclic) bond motifs is 1. The highest BCUT2D eigenvalue weighted by molar-refractivity contribution is 7.13. The lowest BCUT2D eigenvalue weighted by Crippen LogP contribution is -2.12. The Bertz CT molecular complexity index is 928. The standard InChI is InChI=1S/C14H9N5O2S/c20-12(18-14-16-2-5-21-14)10-8-19-4-1-9(7-11(19)17-10)13-15-3-6-22-13/h1-8H,(H,16,18,20). The first-order valence-electron chi connectivity index (χ1n) is 6.39. The van der Waals surface area contributed by atoms with Gasteiger partial charge in [-0.05, 0) is 12.1 Å². The molecule has 4 rings (SSSR count). The highest BCUT2D eigenvalue weighted by Gasteiger charge is 2.13. The highest BCUT2D eigenvalue weighted by Crippen LogP contribution is 2.22. The molecule has 0 aliphatic rings. The van der Waals surface area contributed by atoms with E-state index in [1.54, 1.807) is 28.1 Å². The van der Waals surface area contributed by atoms with Gasteiger partial charge >= 0.3 is 6.01 Å². The minimum Gasteiger partial charge on any atom is -0.432 e. The van der Waals surface area contributed by atoms with Crippen molar-refractivity contribution in [3.8, 4) is 10.6 Å². The number of pyridine rings is 1. The molecule has 0 atom stereocenters. The summed E-state index contributed by atoms with van der Waals surface area (Å²) >= 11 is 1.55. The van der Waals surface area contributed by atoms with Gasteiger partial charge in [0.25, 0.3) is 5.91 Å². The Balaban J connectivity index is 1.67. The SMILES string of the molecule is O=C(Nc1ncco1)c1cn2ccc(-c3nccs3)cc2n1. The molecule has 7 nitrogen and oxygen atoms in total. The van der Waals surface area contributed by atoms with Gasteiger partial charge in [0.15, 0.2) is 0 Å². The summed E-state index contributed by atoms with van der Waals surface area (Å²) in [6.07, 6.45) is 8.10. The van der Waals surface area contributed by atoms with E-state index in [4.69, 9.17) is 4.42 Å². The first kappa shape index (κ1) is 12.7. The van der Waals surface area contributed by atoms with Crippen LogP contribution in [0, 0.1) is 0 Å². The van der Waals surface area contributed by atoms with E-state index in [0.29, 0.717) is 5.65 Å². The number of nitrogens with one attached hydrogen (secondary N) is 1. The molecule has 0 bridgehead atoms. The van der Waals surface area contributed by atoms with Gasteiger partial charge in [0.05, 0.1) is 6.20 Å². The van der Waals surface area contributed by atoms with Gasteiger partial charge in [-0.2, -0.15) is 0 Å². The maximum absolute atomic E-state index is 12.1. The molecule has 4 heterocycles. The van der Waals surface area contributed by atoms with Crippen LogP contribution in [-0.2, 0) is 0 Å². The van der Waals surface area contributed by atoms with Crippen LogP contribution in [0.4, 0.5) is 6.01 Å². The number of thiazole rings is 1. The Hall–Kier alpha value is -3.00. The highest BCUT2D eigenvalue weighted by atomic mass is 32.1. The van der Waals surface area contributed by atoms with Crippen molar-refractivity contribution in [2.24, 2.45) is 0 Å². The number of imidazole rings is 1. The van der Waals surface area contributed by atoms with Crippen molar-refractivity contribution in [2.75, 3.05) is 5.32 Å². The first-order chi connectivity index (χ1) is 10.8. The van der Waals surface area contributed by atoms with E-state index in [-0.39, 0.29) is 17.6 Å². The van der Waals surface area contributed by atoms with E-state index in [9.17, 15) is 4.79 Å². The molecule has 1 amide bonds. The summed E-state index contributed by atoms with van der Waals surface area (Å²) in [5.74, 6) is -0.373. The third-order valence-electron chi connectivity index (χ3n) is 3.02. The number of carbonyl (C=O) groups excluding carboxylic acids is 1. The van der Waals surface area contributed by atoms with Crippen LogP contribution in [-0.4, -0.2) is 25.3 Å². The van der Waals surface area contributed by atoms with E-state index in [0.717, 1.165) is 10.6 Å². The lowest BCUT2D eigenvalue weighted by atomic mass is 10.3. The number of hydrogen-bond acceptors (Lipinski definition) is 6. The normalized spacial score (nSPS) is 10.9. The monoisotopic (exact) mass is 311 g/mol. The van der Waals surface area contributed by atoms with E-state index in [1.807, 2.05) is 23.7 Å². The molecule has 4 aromatic rings. The zero-order valence-electron chi connectivity index (χ0n) is 11.1. The zero-order chi connectivity index (χ0) is 14.9. The number of rotatable bonds is 3. The minimum atomic E-state index is -0.373. The molecule has 8 heteroatoms. The maximum Gasteiger partial charge on any atom is 0.301 e. The number of carbonyl (C=O) groups is 1. The lowest BCUT2D eigenvalue weighted by molar-refractivity contribution is 0.102. The van der Waals surface area contributed by atoms with Crippen molar-refractivity contribution >= 4 is 28.9 Å². The minimum absolute atomic E-state index is 0.144. The Morgan fingerprint density at radius 1 is 1.32 bits per heavy atom. The second kappa shape index (κ2) is 5.08. The van der Waals surface area contributed by atoms with Crippen molar-refractivity contribution in [3.05, 3.63) is 54.3 Å². The van der Waals surface area contributed by atoms with Gasteiger partial charge in [0.2, 0.25) is 0 Å². The Kier molecular flexibility index (Phi) is 2.94. The Morgan fingerprint density at radius 2 is 2.27 bits per heavy atom. The summed E-state index contributed by atoms with van der Waals surface area (Å²) in [7, 11) is 0. The molecule has 0 fully saturated rings. The van der Waals surface area contributed by atoms with E-state index in [2.05, 4.69) is 20.3 Å². The van der Waals surface area contributed by atoms with Crippen LogP contribution < -0.4 is 5.32 Å². The van der Waals surface area contributed by atoms with Gasteiger partial charge in [0, 0.05) is 29.5 Å². The van der Waals surface area contributed by atoms with E-state index < -0.39 is 0 Å². The van der Waals surface area contributed by atoms with Crippen LogP contribution in [0.2, 0.25) is 0 Å². The fourth-order valence-electron chi connectivity index (χ4n) is 2.04. The van der Waals surface area contributed by atoms with Crippen molar-refractivity contribution in [1.29, 1.82) is 0 Å². The molecule has 0 saturated carbocycles. The molecule has 0 aliphatic carbocycles. The summed E-state index contributed by atoms with van der Waals surface area (Å²) in [5, 5.41) is 5.37. The van der Waals surface area contributed by atoms with Gasteiger partial charge in [-0.15, -0.1) is 11.3 Å². The second-order valence-electron chi connectivity index (χ2n) is 4.44. The van der Waals surface area contributed by atoms with Gasteiger partial charge in [-0.3, -0.25) is 10.1 Å². The van der Waals surface area contributed by atoms with E-state index in [1.165, 1.54) is 12.5 Å². The Labute approximate surface area is 128 Å². The molecular weight excluding hydrogens is 302 g/mol. The predicted molar refractivity (Wildman–Crippen MR) is 80.8 cm³/mol. The summed E-state index contributed by atoms with van der Waals surface area (Å²) in [5.41, 5.74) is 1.92. The van der Waals surface area contributed by atoms with Gasteiger partial charge in [-0.1, -0.05) is 0 Å². The third kappa shape index (κ3) is 2.25. The van der Waals surface area contributed by atoms with Crippen LogP contribution >= 0.6 is 11.3 Å². The van der Waals surface area contributed by atoms with Crippen LogP contribution in [0.5, 0.6) is 0 Å². The fraction of sp³-hybridized carbons (Fsp3) is 0. The van der Waals surface area contributed by atoms with Gasteiger partial charge in [0.1, 0.15) is 22.6 Å². The maximum atomic E-state index is 12.1. The topological polar surface area (TPSA) is 85.3 Å². The van der Waals surface area contributed by atoms with Crippen molar-refractivity contribution in [1.82, 2.24) is 19.4 Å². The van der Waals surface area contributed by atoms with Crippen molar-refractivity contribution in [2.45, 2.75) is 0 Å². The quantitative estimate of drug-likeness (QED) is 0.628. The van der Waals surface area contributed by atoms with E-state index >= 15 is 0 Å². The van der Waals surface area contributed by atoms with Crippen LogP contribution in [0.1, 0.15) is 10.5 Å². The number of oxazole rings is 1. The summed E-state index contributed by atoms with van der Waals surface area (Å²) in [6, 6.07) is 3.97. The molecule has 1 N–H and O–H groups in total. The number of nitrogens with zero attached hydrogens (tertiary/aromatic N) is 4. The molecular formula is C14H9N5O2S. The number of hydrogen-bond donors (Lipinski definition) is 1. The van der Waals surface area contributed by atoms with Crippen LogP contribution in [0.25, 0.3) is 16.2 Å². The van der Waals surface area contributed by atoms with Crippen molar-refractivity contribution in [3.63, 3.8) is 0 Å². The number of aromatic nitrogens is 4. The molecule has 0 spiro atoms. The smallest absolute Gasteiger partial charge is 0.301 e. The predicted octanol–water partition coefficient (Wildman–Crippen LogP) is 2.70. The number of anilines is 1.